The Bertz CT molecular complexity index is 454. The standard InChI is InChI=1S/C14H19FN2O2/c1-14(2,3)19-13(18)17-7-6-11(9-17)10-4-5-12(15)16-8-10/h4-5,8,11H,6-7,9H2,1-3H3. The van der Waals surface area contributed by atoms with Crippen LogP contribution >= 0.6 is 0 Å². The number of halogens is 1. The predicted molar refractivity (Wildman–Crippen MR) is 69.4 cm³/mol. The molecule has 1 amide bonds. The number of hydrogen-bond donors (Lipinski definition) is 0. The highest BCUT2D eigenvalue weighted by atomic mass is 19.1. The summed E-state index contributed by atoms with van der Waals surface area (Å²) in [6.45, 7) is 6.81. The molecule has 0 spiro atoms. The Morgan fingerprint density at radius 3 is 2.79 bits per heavy atom. The molecule has 1 aliphatic rings. The Balaban J connectivity index is 1.96. The summed E-state index contributed by atoms with van der Waals surface area (Å²) in [5, 5.41) is 0. The average molecular weight is 266 g/mol. The molecule has 1 atom stereocenters. The molecule has 0 saturated carbocycles. The van der Waals surface area contributed by atoms with Crippen molar-refractivity contribution in [1.82, 2.24) is 9.88 Å². The maximum atomic E-state index is 12.8. The van der Waals surface area contributed by atoms with E-state index in [1.54, 1.807) is 17.2 Å². The fraction of sp³-hybridized carbons (Fsp3) is 0.571. The van der Waals surface area contributed by atoms with Gasteiger partial charge < -0.3 is 9.64 Å². The van der Waals surface area contributed by atoms with Gasteiger partial charge in [-0.15, -0.1) is 0 Å². The summed E-state index contributed by atoms with van der Waals surface area (Å²) >= 11 is 0. The highest BCUT2D eigenvalue weighted by Gasteiger charge is 2.30. The van der Waals surface area contributed by atoms with Crippen LogP contribution in [0.5, 0.6) is 0 Å². The van der Waals surface area contributed by atoms with Crippen LogP contribution in [0.1, 0.15) is 38.7 Å². The van der Waals surface area contributed by atoms with E-state index >= 15 is 0 Å². The molecular weight excluding hydrogens is 247 g/mol. The van der Waals surface area contributed by atoms with Crippen molar-refractivity contribution in [2.75, 3.05) is 13.1 Å². The third kappa shape index (κ3) is 3.66. The molecule has 104 valence electrons. The number of carbonyl (C=O) groups excluding carboxylic acids is 1. The molecule has 1 saturated heterocycles. The number of amides is 1. The minimum atomic E-state index is -0.481. The van der Waals surface area contributed by atoms with Crippen LogP contribution in [0.25, 0.3) is 0 Å². The normalized spacial score (nSPS) is 19.6. The second kappa shape index (κ2) is 5.15. The summed E-state index contributed by atoms with van der Waals surface area (Å²) in [4.78, 5) is 17.3. The molecule has 0 aromatic carbocycles. The maximum Gasteiger partial charge on any atom is 0.410 e. The minimum absolute atomic E-state index is 0.209. The van der Waals surface area contributed by atoms with Gasteiger partial charge in [-0.05, 0) is 38.8 Å². The SMILES string of the molecule is CC(C)(C)OC(=O)N1CCC(c2ccc(F)nc2)C1. The predicted octanol–water partition coefficient (Wildman–Crippen LogP) is 2.95. The number of carbonyl (C=O) groups is 1. The average Bonchev–Trinajstić information content (AvgIpc) is 2.77. The van der Waals surface area contributed by atoms with Crippen molar-refractivity contribution in [2.45, 2.75) is 38.7 Å². The molecule has 0 radical (unpaired) electrons. The number of hydrogen-bond acceptors (Lipinski definition) is 3. The number of ether oxygens (including phenoxy) is 1. The molecule has 0 N–H and O–H groups in total. The summed E-state index contributed by atoms with van der Waals surface area (Å²) in [5.41, 5.74) is 0.486. The molecule has 19 heavy (non-hydrogen) atoms. The zero-order chi connectivity index (χ0) is 14.0. The largest absolute Gasteiger partial charge is 0.444 e. The van der Waals surface area contributed by atoms with E-state index in [9.17, 15) is 9.18 Å². The van der Waals surface area contributed by atoms with E-state index in [0.717, 1.165) is 12.0 Å². The van der Waals surface area contributed by atoms with Crippen LogP contribution in [0.4, 0.5) is 9.18 Å². The maximum absolute atomic E-state index is 12.8. The van der Waals surface area contributed by atoms with Crippen LogP contribution in [-0.2, 0) is 4.74 Å². The topological polar surface area (TPSA) is 42.4 Å². The van der Waals surface area contributed by atoms with Gasteiger partial charge in [-0.25, -0.2) is 9.78 Å². The molecule has 0 aliphatic carbocycles. The van der Waals surface area contributed by atoms with Crippen LogP contribution in [0, 0.1) is 5.95 Å². The van der Waals surface area contributed by atoms with Gasteiger partial charge >= 0.3 is 6.09 Å². The Morgan fingerprint density at radius 1 is 1.47 bits per heavy atom. The number of rotatable bonds is 1. The van der Waals surface area contributed by atoms with Crippen molar-refractivity contribution in [2.24, 2.45) is 0 Å². The lowest BCUT2D eigenvalue weighted by atomic mass is 10.0. The van der Waals surface area contributed by atoms with Gasteiger partial charge in [0.15, 0.2) is 0 Å². The number of pyridine rings is 1. The smallest absolute Gasteiger partial charge is 0.410 e. The van der Waals surface area contributed by atoms with Crippen molar-refractivity contribution < 1.29 is 13.9 Å². The number of aromatic nitrogens is 1. The molecule has 0 bridgehead atoms. The van der Waals surface area contributed by atoms with E-state index in [0.29, 0.717) is 13.1 Å². The Labute approximate surface area is 112 Å². The third-order valence-corrected chi connectivity index (χ3v) is 3.06. The monoisotopic (exact) mass is 266 g/mol. The van der Waals surface area contributed by atoms with Crippen LogP contribution in [-0.4, -0.2) is 34.7 Å². The highest BCUT2D eigenvalue weighted by molar-refractivity contribution is 5.68. The fourth-order valence-electron chi connectivity index (χ4n) is 2.15. The zero-order valence-electron chi connectivity index (χ0n) is 11.5. The van der Waals surface area contributed by atoms with Gasteiger partial charge in [-0.1, -0.05) is 6.07 Å². The van der Waals surface area contributed by atoms with E-state index in [1.807, 2.05) is 20.8 Å². The van der Waals surface area contributed by atoms with Crippen LogP contribution in [0.3, 0.4) is 0 Å². The minimum Gasteiger partial charge on any atom is -0.444 e. The van der Waals surface area contributed by atoms with E-state index in [2.05, 4.69) is 4.98 Å². The van der Waals surface area contributed by atoms with Crippen LogP contribution in [0.2, 0.25) is 0 Å². The molecule has 1 unspecified atom stereocenters. The number of nitrogens with zero attached hydrogens (tertiary/aromatic N) is 2. The summed E-state index contributed by atoms with van der Waals surface area (Å²) in [6.07, 6.45) is 2.11. The fourth-order valence-corrected chi connectivity index (χ4v) is 2.15. The highest BCUT2D eigenvalue weighted by Crippen LogP contribution is 2.27. The second-order valence-electron chi connectivity index (χ2n) is 5.83. The van der Waals surface area contributed by atoms with Gasteiger partial charge in [0.1, 0.15) is 5.60 Å². The van der Waals surface area contributed by atoms with E-state index in [4.69, 9.17) is 4.74 Å². The van der Waals surface area contributed by atoms with E-state index in [1.165, 1.54) is 6.07 Å². The molecule has 1 aliphatic heterocycles. The Kier molecular flexibility index (Phi) is 3.73. The van der Waals surface area contributed by atoms with Crippen LogP contribution in [0.15, 0.2) is 18.3 Å². The van der Waals surface area contributed by atoms with Crippen molar-refractivity contribution in [3.8, 4) is 0 Å². The molecule has 4 nitrogen and oxygen atoms in total. The van der Waals surface area contributed by atoms with Gasteiger partial charge in [-0.2, -0.15) is 4.39 Å². The summed E-state index contributed by atoms with van der Waals surface area (Å²) in [7, 11) is 0. The zero-order valence-corrected chi connectivity index (χ0v) is 11.5. The van der Waals surface area contributed by atoms with Crippen molar-refractivity contribution in [3.05, 3.63) is 29.8 Å². The Hall–Kier alpha value is -1.65. The molecule has 1 aromatic heterocycles. The van der Waals surface area contributed by atoms with E-state index < -0.39 is 11.5 Å². The van der Waals surface area contributed by atoms with E-state index in [-0.39, 0.29) is 12.0 Å². The first-order valence-corrected chi connectivity index (χ1v) is 6.44. The molecule has 1 fully saturated rings. The van der Waals surface area contributed by atoms with Crippen molar-refractivity contribution in [1.29, 1.82) is 0 Å². The first-order valence-electron chi connectivity index (χ1n) is 6.44. The second-order valence-corrected chi connectivity index (χ2v) is 5.83. The van der Waals surface area contributed by atoms with Crippen molar-refractivity contribution >= 4 is 6.09 Å². The lowest BCUT2D eigenvalue weighted by molar-refractivity contribution is 0.0292. The van der Waals surface area contributed by atoms with Gasteiger partial charge in [-0.3, -0.25) is 0 Å². The first-order chi connectivity index (χ1) is 8.85. The van der Waals surface area contributed by atoms with Gasteiger partial charge in [0.05, 0.1) is 0 Å². The molecule has 5 heteroatoms. The third-order valence-electron chi connectivity index (χ3n) is 3.06. The molecule has 2 rings (SSSR count). The lowest BCUT2D eigenvalue weighted by Crippen LogP contribution is -2.35. The molecule has 2 heterocycles. The van der Waals surface area contributed by atoms with Gasteiger partial charge in [0.2, 0.25) is 5.95 Å². The van der Waals surface area contributed by atoms with Gasteiger partial charge in [0.25, 0.3) is 0 Å². The van der Waals surface area contributed by atoms with Crippen LogP contribution < -0.4 is 0 Å². The first kappa shape index (κ1) is 13.8. The number of likely N-dealkylation sites (tertiary alicyclic amines) is 1. The van der Waals surface area contributed by atoms with Crippen molar-refractivity contribution in [3.63, 3.8) is 0 Å². The molecular formula is C14H19FN2O2. The Morgan fingerprint density at radius 2 is 2.21 bits per heavy atom. The summed E-state index contributed by atoms with van der Waals surface area (Å²) in [5.74, 6) is -0.272. The quantitative estimate of drug-likeness (QED) is 0.734. The summed E-state index contributed by atoms with van der Waals surface area (Å²) in [6, 6.07) is 3.08. The van der Waals surface area contributed by atoms with Gasteiger partial charge in [0, 0.05) is 25.2 Å². The lowest BCUT2D eigenvalue weighted by Gasteiger charge is -2.24. The molecule has 1 aromatic rings. The summed E-state index contributed by atoms with van der Waals surface area (Å²) < 4.78 is 18.1.